The highest BCUT2D eigenvalue weighted by molar-refractivity contribution is 6.22. The van der Waals surface area contributed by atoms with Crippen molar-refractivity contribution in [3.63, 3.8) is 0 Å². The molecule has 2 nitrogen and oxygen atoms in total. The lowest BCUT2D eigenvalue weighted by Crippen LogP contribution is -2.30. The third-order valence-corrected chi connectivity index (χ3v) is 3.43. The summed E-state index contributed by atoms with van der Waals surface area (Å²) in [6.45, 7) is 5.23. The Labute approximate surface area is 98.2 Å². The van der Waals surface area contributed by atoms with Crippen LogP contribution in [0.3, 0.4) is 0 Å². The third-order valence-electron chi connectivity index (χ3n) is 3.20. The first-order chi connectivity index (χ1) is 7.26. The van der Waals surface area contributed by atoms with Crippen molar-refractivity contribution in [3.8, 4) is 6.07 Å². The second kappa shape index (κ2) is 7.09. The van der Waals surface area contributed by atoms with E-state index >= 15 is 0 Å². The van der Waals surface area contributed by atoms with Crippen LogP contribution < -0.4 is 0 Å². The van der Waals surface area contributed by atoms with Crippen molar-refractivity contribution >= 4 is 11.6 Å². The number of nitrogens with zero attached hydrogens (tertiary/aromatic N) is 2. The maximum absolute atomic E-state index is 8.66. The smallest absolute Gasteiger partial charge is 0.133 e. The molecule has 0 aromatic heterocycles. The van der Waals surface area contributed by atoms with E-state index in [1.807, 2.05) is 0 Å². The second-order valence-corrected chi connectivity index (χ2v) is 5.01. The van der Waals surface area contributed by atoms with Gasteiger partial charge in [-0.15, -0.1) is 11.6 Å². The van der Waals surface area contributed by atoms with Crippen molar-refractivity contribution in [2.24, 2.45) is 5.92 Å². The maximum atomic E-state index is 8.66. The SMILES string of the molecule is CCCC1CCCN(CC(Cl)C#N)CC1. The van der Waals surface area contributed by atoms with E-state index in [4.69, 9.17) is 16.9 Å². The molecule has 86 valence electrons. The molecule has 1 aliphatic heterocycles. The highest BCUT2D eigenvalue weighted by atomic mass is 35.5. The van der Waals surface area contributed by atoms with Gasteiger partial charge in [0.15, 0.2) is 0 Å². The lowest BCUT2D eigenvalue weighted by molar-refractivity contribution is 0.287. The minimum absolute atomic E-state index is 0.340. The Hall–Kier alpha value is -0.260. The molecule has 0 aromatic rings. The minimum Gasteiger partial charge on any atom is -0.301 e. The molecule has 1 fully saturated rings. The zero-order valence-electron chi connectivity index (χ0n) is 9.58. The Morgan fingerprint density at radius 1 is 1.47 bits per heavy atom. The van der Waals surface area contributed by atoms with Crippen molar-refractivity contribution in [1.82, 2.24) is 4.90 Å². The molecule has 15 heavy (non-hydrogen) atoms. The van der Waals surface area contributed by atoms with Gasteiger partial charge in [0.05, 0.1) is 6.07 Å². The second-order valence-electron chi connectivity index (χ2n) is 4.48. The fourth-order valence-corrected chi connectivity index (χ4v) is 2.57. The van der Waals surface area contributed by atoms with E-state index in [9.17, 15) is 0 Å². The number of nitriles is 1. The molecule has 0 amide bonds. The van der Waals surface area contributed by atoms with E-state index in [1.54, 1.807) is 0 Å². The maximum Gasteiger partial charge on any atom is 0.133 e. The Balaban J connectivity index is 2.29. The van der Waals surface area contributed by atoms with Gasteiger partial charge in [-0.2, -0.15) is 5.26 Å². The monoisotopic (exact) mass is 228 g/mol. The molecule has 1 rings (SSSR count). The number of likely N-dealkylation sites (tertiary alicyclic amines) is 1. The molecule has 0 bridgehead atoms. The van der Waals surface area contributed by atoms with Crippen LogP contribution in [0, 0.1) is 17.2 Å². The summed E-state index contributed by atoms with van der Waals surface area (Å²) in [5, 5.41) is 8.32. The molecule has 3 heteroatoms. The zero-order chi connectivity index (χ0) is 11.1. The summed E-state index contributed by atoms with van der Waals surface area (Å²) < 4.78 is 0. The summed E-state index contributed by atoms with van der Waals surface area (Å²) in [7, 11) is 0. The van der Waals surface area contributed by atoms with Crippen molar-refractivity contribution in [1.29, 1.82) is 5.26 Å². The normalized spacial score (nSPS) is 25.5. The van der Waals surface area contributed by atoms with Crippen LogP contribution in [0.2, 0.25) is 0 Å². The topological polar surface area (TPSA) is 27.0 Å². The summed E-state index contributed by atoms with van der Waals surface area (Å²) in [6.07, 6.45) is 6.55. The van der Waals surface area contributed by atoms with Crippen LogP contribution in [0.25, 0.3) is 0 Å². The van der Waals surface area contributed by atoms with E-state index in [0.717, 1.165) is 25.6 Å². The van der Waals surface area contributed by atoms with Crippen molar-refractivity contribution < 1.29 is 0 Å². The summed E-state index contributed by atoms with van der Waals surface area (Å²) >= 11 is 5.85. The molecule has 0 aliphatic carbocycles. The molecule has 2 atom stereocenters. The minimum atomic E-state index is -0.340. The first-order valence-corrected chi connectivity index (χ1v) is 6.46. The molecule has 2 unspecified atom stereocenters. The summed E-state index contributed by atoms with van der Waals surface area (Å²) in [5.41, 5.74) is 0. The third kappa shape index (κ3) is 4.86. The number of hydrogen-bond donors (Lipinski definition) is 0. The Morgan fingerprint density at radius 3 is 2.93 bits per heavy atom. The summed E-state index contributed by atoms with van der Waals surface area (Å²) in [4.78, 5) is 2.34. The standard InChI is InChI=1S/C12H21ClN2/c1-2-4-11-5-3-7-15(8-6-11)10-12(13)9-14/h11-12H,2-8,10H2,1H3. The van der Waals surface area contributed by atoms with Gasteiger partial charge in [-0.25, -0.2) is 0 Å². The van der Waals surface area contributed by atoms with Crippen LogP contribution in [0.15, 0.2) is 0 Å². The van der Waals surface area contributed by atoms with Crippen molar-refractivity contribution in [3.05, 3.63) is 0 Å². The summed E-state index contributed by atoms with van der Waals surface area (Å²) in [6, 6.07) is 2.09. The van der Waals surface area contributed by atoms with Crippen LogP contribution in [0.1, 0.15) is 39.0 Å². The van der Waals surface area contributed by atoms with Gasteiger partial charge in [0.25, 0.3) is 0 Å². The van der Waals surface area contributed by atoms with Gasteiger partial charge in [-0.1, -0.05) is 19.8 Å². The Kier molecular flexibility index (Phi) is 6.05. The lowest BCUT2D eigenvalue weighted by Gasteiger charge is -2.20. The average Bonchev–Trinajstić information content (AvgIpc) is 2.45. The van der Waals surface area contributed by atoms with Gasteiger partial charge in [-0.3, -0.25) is 0 Å². The molecular formula is C12H21ClN2. The lowest BCUT2D eigenvalue weighted by atomic mass is 9.96. The molecule has 0 N–H and O–H groups in total. The van der Waals surface area contributed by atoms with Crippen LogP contribution in [-0.2, 0) is 0 Å². The van der Waals surface area contributed by atoms with Crippen LogP contribution >= 0.6 is 11.6 Å². The fourth-order valence-electron chi connectivity index (χ4n) is 2.37. The van der Waals surface area contributed by atoms with Crippen LogP contribution in [-0.4, -0.2) is 29.9 Å². The Morgan fingerprint density at radius 2 is 2.27 bits per heavy atom. The van der Waals surface area contributed by atoms with E-state index < -0.39 is 0 Å². The number of hydrogen-bond acceptors (Lipinski definition) is 2. The molecular weight excluding hydrogens is 208 g/mol. The zero-order valence-corrected chi connectivity index (χ0v) is 10.3. The van der Waals surface area contributed by atoms with Gasteiger partial charge >= 0.3 is 0 Å². The van der Waals surface area contributed by atoms with E-state index in [0.29, 0.717) is 0 Å². The average molecular weight is 229 g/mol. The van der Waals surface area contributed by atoms with Crippen molar-refractivity contribution in [2.75, 3.05) is 19.6 Å². The van der Waals surface area contributed by atoms with E-state index in [2.05, 4.69) is 17.9 Å². The highest BCUT2D eigenvalue weighted by Gasteiger charge is 2.18. The number of rotatable bonds is 4. The summed E-state index contributed by atoms with van der Waals surface area (Å²) in [5.74, 6) is 0.899. The van der Waals surface area contributed by atoms with Crippen LogP contribution in [0.5, 0.6) is 0 Å². The number of alkyl halides is 1. The van der Waals surface area contributed by atoms with Gasteiger partial charge in [0, 0.05) is 6.54 Å². The highest BCUT2D eigenvalue weighted by Crippen LogP contribution is 2.22. The Bertz CT molecular complexity index is 212. The number of halogens is 1. The molecule has 0 aromatic carbocycles. The largest absolute Gasteiger partial charge is 0.301 e. The quantitative estimate of drug-likeness (QED) is 0.692. The van der Waals surface area contributed by atoms with E-state index in [-0.39, 0.29) is 5.38 Å². The molecule has 1 aliphatic rings. The molecule has 0 saturated carbocycles. The molecule has 0 spiro atoms. The van der Waals surface area contributed by atoms with Gasteiger partial charge in [0.1, 0.15) is 5.38 Å². The fraction of sp³-hybridized carbons (Fsp3) is 0.917. The molecule has 1 heterocycles. The van der Waals surface area contributed by atoms with Crippen LogP contribution in [0.4, 0.5) is 0 Å². The first kappa shape index (κ1) is 12.8. The van der Waals surface area contributed by atoms with Crippen molar-refractivity contribution in [2.45, 2.75) is 44.4 Å². The predicted molar refractivity (Wildman–Crippen MR) is 63.9 cm³/mol. The predicted octanol–water partition coefficient (Wildman–Crippen LogP) is 3.02. The van der Waals surface area contributed by atoms with E-state index in [1.165, 1.54) is 32.1 Å². The first-order valence-electron chi connectivity index (χ1n) is 6.02. The van der Waals surface area contributed by atoms with Gasteiger partial charge in [0.2, 0.25) is 0 Å². The molecule has 0 radical (unpaired) electrons. The van der Waals surface area contributed by atoms with Gasteiger partial charge in [-0.05, 0) is 38.3 Å². The van der Waals surface area contributed by atoms with Gasteiger partial charge < -0.3 is 4.90 Å². The molecule has 1 saturated heterocycles.